The van der Waals surface area contributed by atoms with Gasteiger partial charge in [-0.25, -0.2) is 4.98 Å². The minimum Gasteiger partial charge on any atom is -0.493 e. The minimum atomic E-state index is -0.172. The first kappa shape index (κ1) is 19.9. The van der Waals surface area contributed by atoms with E-state index in [4.69, 9.17) is 14.5 Å². The molecule has 0 saturated heterocycles. The van der Waals surface area contributed by atoms with E-state index in [-0.39, 0.29) is 11.9 Å². The highest BCUT2D eigenvalue weighted by atomic mass is 16.6. The number of carbonyl (C=O) groups is 1. The van der Waals surface area contributed by atoms with Crippen LogP contribution in [0.5, 0.6) is 11.5 Å². The number of methoxy groups -OCH3 is 1. The first-order valence-electron chi connectivity index (χ1n) is 11.3. The van der Waals surface area contributed by atoms with Gasteiger partial charge in [-0.15, -0.1) is 0 Å². The number of pyridine rings is 1. The second-order valence-electron chi connectivity index (χ2n) is 8.78. The Bertz CT molecular complexity index is 1110. The molecule has 2 aromatic heterocycles. The first-order chi connectivity index (χ1) is 15.1. The summed E-state index contributed by atoms with van der Waals surface area (Å²) in [6.07, 6.45) is 10.1. The van der Waals surface area contributed by atoms with Crippen molar-refractivity contribution >= 4 is 17.4 Å². The van der Waals surface area contributed by atoms with Gasteiger partial charge in [-0.05, 0) is 68.5 Å². The summed E-state index contributed by atoms with van der Waals surface area (Å²) in [6.45, 7) is 2.08. The first-order valence-corrected chi connectivity index (χ1v) is 11.3. The van der Waals surface area contributed by atoms with Crippen molar-refractivity contribution in [1.29, 1.82) is 0 Å². The molecule has 1 N–H and O–H groups in total. The number of aryl methyl sites for hydroxylation is 1. The van der Waals surface area contributed by atoms with Crippen molar-refractivity contribution in [3.8, 4) is 22.8 Å². The second kappa shape index (κ2) is 8.25. The summed E-state index contributed by atoms with van der Waals surface area (Å²) >= 11 is 0. The highest BCUT2D eigenvalue weighted by molar-refractivity contribution is 5.81. The smallest absolute Gasteiger partial charge is 0.314 e. The van der Waals surface area contributed by atoms with E-state index < -0.39 is 0 Å². The molecule has 0 unspecified atom stereocenters. The van der Waals surface area contributed by atoms with E-state index in [1.54, 1.807) is 7.11 Å². The van der Waals surface area contributed by atoms with E-state index in [0.29, 0.717) is 17.5 Å². The van der Waals surface area contributed by atoms with Crippen LogP contribution in [0.2, 0.25) is 0 Å². The van der Waals surface area contributed by atoms with Crippen molar-refractivity contribution in [1.82, 2.24) is 9.38 Å². The van der Waals surface area contributed by atoms with Crippen LogP contribution in [0, 0.1) is 12.8 Å². The average molecular weight is 420 g/mol. The Morgan fingerprint density at radius 2 is 1.87 bits per heavy atom. The lowest BCUT2D eigenvalue weighted by molar-refractivity contribution is -0.135. The number of benzene rings is 1. The SMILES string of the molecule is COc1cc(-c2nc3cc(C)ccn3c2NC2CCCCC2)ccc1OC(=O)C1CC1. The molecule has 162 valence electrons. The summed E-state index contributed by atoms with van der Waals surface area (Å²) in [5.74, 6) is 1.88. The molecule has 0 radical (unpaired) electrons. The number of ether oxygens (including phenoxy) is 2. The largest absolute Gasteiger partial charge is 0.493 e. The van der Waals surface area contributed by atoms with E-state index in [1.807, 2.05) is 18.2 Å². The third-order valence-electron chi connectivity index (χ3n) is 6.29. The third kappa shape index (κ3) is 4.11. The Morgan fingerprint density at radius 3 is 2.61 bits per heavy atom. The molecule has 0 atom stereocenters. The zero-order valence-corrected chi connectivity index (χ0v) is 18.2. The van der Waals surface area contributed by atoms with Gasteiger partial charge in [0, 0.05) is 17.8 Å². The number of nitrogens with one attached hydrogen (secondary N) is 1. The lowest BCUT2D eigenvalue weighted by atomic mass is 9.95. The van der Waals surface area contributed by atoms with Crippen molar-refractivity contribution in [2.24, 2.45) is 5.92 Å². The van der Waals surface area contributed by atoms with Crippen LogP contribution >= 0.6 is 0 Å². The van der Waals surface area contributed by atoms with Crippen molar-refractivity contribution in [3.63, 3.8) is 0 Å². The molecule has 5 rings (SSSR count). The number of anilines is 1. The monoisotopic (exact) mass is 419 g/mol. The van der Waals surface area contributed by atoms with Crippen molar-refractivity contribution in [2.75, 3.05) is 12.4 Å². The van der Waals surface area contributed by atoms with E-state index >= 15 is 0 Å². The van der Waals surface area contributed by atoms with Crippen LogP contribution in [0.3, 0.4) is 0 Å². The molecule has 6 heteroatoms. The second-order valence-corrected chi connectivity index (χ2v) is 8.78. The minimum absolute atomic E-state index is 0.0392. The van der Waals surface area contributed by atoms with Gasteiger partial charge in [0.15, 0.2) is 11.5 Å². The molecule has 2 aliphatic carbocycles. The van der Waals surface area contributed by atoms with Gasteiger partial charge in [0.05, 0.1) is 13.0 Å². The van der Waals surface area contributed by atoms with Crippen molar-refractivity contribution < 1.29 is 14.3 Å². The van der Waals surface area contributed by atoms with Crippen LogP contribution < -0.4 is 14.8 Å². The molecular formula is C25H29N3O3. The topological polar surface area (TPSA) is 64.9 Å². The predicted octanol–water partition coefficient (Wildman–Crippen LogP) is 5.38. The number of esters is 1. The van der Waals surface area contributed by atoms with Crippen LogP contribution in [0.4, 0.5) is 5.82 Å². The van der Waals surface area contributed by atoms with Crippen molar-refractivity contribution in [2.45, 2.75) is 57.9 Å². The molecule has 31 heavy (non-hydrogen) atoms. The molecule has 2 saturated carbocycles. The van der Waals surface area contributed by atoms with Gasteiger partial charge in [-0.2, -0.15) is 0 Å². The summed E-state index contributed by atoms with van der Waals surface area (Å²) in [7, 11) is 1.60. The van der Waals surface area contributed by atoms with Gasteiger partial charge in [-0.1, -0.05) is 19.3 Å². The molecule has 0 amide bonds. The summed E-state index contributed by atoms with van der Waals surface area (Å²) in [4.78, 5) is 17.1. The third-order valence-corrected chi connectivity index (χ3v) is 6.29. The van der Waals surface area contributed by atoms with Gasteiger partial charge >= 0.3 is 5.97 Å². The fourth-order valence-corrected chi connectivity index (χ4v) is 4.34. The van der Waals surface area contributed by atoms with E-state index in [1.165, 1.54) is 37.7 Å². The highest BCUT2D eigenvalue weighted by Gasteiger charge is 2.32. The summed E-state index contributed by atoms with van der Waals surface area (Å²) in [5, 5.41) is 3.77. The van der Waals surface area contributed by atoms with Gasteiger partial charge < -0.3 is 14.8 Å². The lowest BCUT2D eigenvalue weighted by Crippen LogP contribution is -2.23. The maximum atomic E-state index is 12.1. The Hall–Kier alpha value is -3.02. The molecule has 2 heterocycles. The predicted molar refractivity (Wildman–Crippen MR) is 121 cm³/mol. The summed E-state index contributed by atoms with van der Waals surface area (Å²) in [5.41, 5.74) is 3.90. The van der Waals surface area contributed by atoms with Crippen LogP contribution in [-0.2, 0) is 4.79 Å². The standard InChI is InChI=1S/C25H29N3O3/c1-16-12-13-28-22(14-16)27-23(24(28)26-19-6-4-3-5-7-19)18-10-11-20(21(15-18)30-2)31-25(29)17-8-9-17/h10-15,17,19,26H,3-9H2,1-2H3. The van der Waals surface area contributed by atoms with E-state index in [2.05, 4.69) is 35.0 Å². The number of hydrogen-bond donors (Lipinski definition) is 1. The van der Waals surface area contributed by atoms with Gasteiger partial charge in [-0.3, -0.25) is 9.20 Å². The lowest BCUT2D eigenvalue weighted by Gasteiger charge is -2.24. The normalized spacial score (nSPS) is 17.0. The maximum Gasteiger partial charge on any atom is 0.314 e. The zero-order chi connectivity index (χ0) is 21.4. The van der Waals surface area contributed by atoms with Crippen LogP contribution in [0.15, 0.2) is 36.5 Å². The van der Waals surface area contributed by atoms with Gasteiger partial charge in [0.2, 0.25) is 0 Å². The van der Waals surface area contributed by atoms with Crippen LogP contribution in [-0.4, -0.2) is 28.5 Å². The van der Waals surface area contributed by atoms with Gasteiger partial charge in [0.1, 0.15) is 17.2 Å². The summed E-state index contributed by atoms with van der Waals surface area (Å²) < 4.78 is 13.3. The Labute approximate surface area is 182 Å². The number of fused-ring (bicyclic) bond motifs is 1. The molecule has 2 aliphatic rings. The maximum absolute atomic E-state index is 12.1. The van der Waals surface area contributed by atoms with Crippen LogP contribution in [0.1, 0.15) is 50.5 Å². The molecule has 1 aromatic carbocycles. The number of imidazole rings is 1. The number of rotatable bonds is 6. The Balaban J connectivity index is 1.53. The number of carbonyl (C=O) groups excluding carboxylic acids is 1. The van der Waals surface area contributed by atoms with Crippen LogP contribution in [0.25, 0.3) is 16.9 Å². The number of aromatic nitrogens is 2. The number of hydrogen-bond acceptors (Lipinski definition) is 5. The molecular weight excluding hydrogens is 390 g/mol. The summed E-state index contributed by atoms with van der Waals surface area (Å²) in [6, 6.07) is 10.3. The average Bonchev–Trinajstić information content (AvgIpc) is 3.58. The van der Waals surface area contributed by atoms with Gasteiger partial charge in [0.25, 0.3) is 0 Å². The fourth-order valence-electron chi connectivity index (χ4n) is 4.34. The Morgan fingerprint density at radius 1 is 1.06 bits per heavy atom. The van der Waals surface area contributed by atoms with E-state index in [0.717, 1.165) is 35.6 Å². The molecule has 6 nitrogen and oxygen atoms in total. The molecule has 0 bridgehead atoms. The van der Waals surface area contributed by atoms with E-state index in [9.17, 15) is 4.79 Å². The Kier molecular flexibility index (Phi) is 5.30. The van der Waals surface area contributed by atoms with Crippen molar-refractivity contribution in [3.05, 3.63) is 42.1 Å². The zero-order valence-electron chi connectivity index (χ0n) is 18.2. The number of nitrogens with zero attached hydrogens (tertiary/aromatic N) is 2. The fraction of sp³-hybridized carbons (Fsp3) is 0.440. The molecule has 3 aromatic rings. The molecule has 2 fully saturated rings. The highest BCUT2D eigenvalue weighted by Crippen LogP contribution is 2.38. The molecule has 0 aliphatic heterocycles. The quantitative estimate of drug-likeness (QED) is 0.429. The molecule has 0 spiro atoms.